The zero-order chi connectivity index (χ0) is 23.2. The van der Waals surface area contributed by atoms with Crippen LogP contribution >= 0.6 is 0 Å². The highest BCUT2D eigenvalue weighted by Crippen LogP contribution is 2.43. The molecule has 3 unspecified atom stereocenters. The molecule has 2 aromatic rings. The number of aliphatic hydroxyl groups excluding tert-OH is 4. The lowest BCUT2D eigenvalue weighted by Gasteiger charge is -2.39. The molecule has 0 amide bonds. The molecule has 0 saturated carbocycles. The Hall–Kier alpha value is -3.09. The fourth-order valence-electron chi connectivity index (χ4n) is 3.71. The Morgan fingerprint density at radius 2 is 1.69 bits per heavy atom. The van der Waals surface area contributed by atoms with Crippen LogP contribution in [0.2, 0.25) is 0 Å². The Kier molecular flexibility index (Phi) is 5.84. The normalized spacial score (nSPS) is 29.8. The highest BCUT2D eigenvalue weighted by atomic mass is 16.7. The van der Waals surface area contributed by atoms with Gasteiger partial charge >= 0.3 is 0 Å². The van der Waals surface area contributed by atoms with Crippen LogP contribution in [0.5, 0.6) is 28.7 Å². The van der Waals surface area contributed by atoms with Crippen molar-refractivity contribution in [3.8, 4) is 28.7 Å². The summed E-state index contributed by atoms with van der Waals surface area (Å²) in [5.41, 5.74) is 0.337. The number of phenolic OH excluding ortho intramolecular Hbond substituents is 3. The monoisotopic (exact) mass is 450 g/mol. The maximum Gasteiger partial charge on any atom is 0.229 e. The van der Waals surface area contributed by atoms with E-state index < -0.39 is 54.9 Å². The average molecular weight is 450 g/mol. The highest BCUT2D eigenvalue weighted by molar-refractivity contribution is 6.02. The van der Waals surface area contributed by atoms with Crippen molar-refractivity contribution in [2.75, 3.05) is 6.61 Å². The van der Waals surface area contributed by atoms with Crippen LogP contribution in [0.15, 0.2) is 30.3 Å². The summed E-state index contributed by atoms with van der Waals surface area (Å²) in [6, 6.07) is 6.37. The smallest absolute Gasteiger partial charge is 0.229 e. The van der Waals surface area contributed by atoms with Crippen LogP contribution in [0.1, 0.15) is 28.4 Å². The molecule has 6 atom stereocenters. The van der Waals surface area contributed by atoms with Crippen LogP contribution in [-0.4, -0.2) is 78.8 Å². The standard InChI is InChI=1S/C21H22O11/c22-7-16-18(27)19(28)20(29)21(32-16)30-9-4-12(25)17-13(26)6-14(31-15(17)5-9)8-1-2-10(23)11(24)3-8/h1-5,14,16,18-25,27-29H,6-7H2/t14?,16-,18-,19?,20?,21-/m1/s1. The number of Topliss-reactive ketones (excluding diaryl/α,β-unsaturated/α-hetero) is 1. The second kappa shape index (κ2) is 8.45. The van der Waals surface area contributed by atoms with Crippen molar-refractivity contribution in [2.45, 2.75) is 43.2 Å². The minimum atomic E-state index is -1.67. The summed E-state index contributed by atoms with van der Waals surface area (Å²) in [5.74, 6) is -1.69. The third-order valence-electron chi connectivity index (χ3n) is 5.45. The van der Waals surface area contributed by atoms with Gasteiger partial charge in [-0.15, -0.1) is 0 Å². The predicted octanol–water partition coefficient (Wildman–Crippen LogP) is -0.311. The predicted molar refractivity (Wildman–Crippen MR) is 105 cm³/mol. The van der Waals surface area contributed by atoms with Gasteiger partial charge in [-0.25, -0.2) is 0 Å². The maximum atomic E-state index is 12.6. The van der Waals surface area contributed by atoms with Gasteiger partial charge in [-0.1, -0.05) is 6.07 Å². The number of carbonyl (C=O) groups is 1. The van der Waals surface area contributed by atoms with Gasteiger partial charge in [0, 0.05) is 12.1 Å². The molecule has 11 nitrogen and oxygen atoms in total. The largest absolute Gasteiger partial charge is 0.507 e. The first kappa shape index (κ1) is 22.1. The summed E-state index contributed by atoms with van der Waals surface area (Å²) in [6.07, 6.45) is -8.50. The highest BCUT2D eigenvalue weighted by Gasteiger charge is 2.45. The van der Waals surface area contributed by atoms with E-state index in [-0.39, 0.29) is 35.0 Å². The molecular formula is C21H22O11. The fraction of sp³-hybridized carbons (Fsp3) is 0.381. The summed E-state index contributed by atoms with van der Waals surface area (Å²) in [6.45, 7) is -0.640. The molecule has 0 radical (unpaired) electrons. The first-order valence-electron chi connectivity index (χ1n) is 9.75. The summed E-state index contributed by atoms with van der Waals surface area (Å²) in [5, 5.41) is 68.8. The SMILES string of the molecule is O=C1CC(c2ccc(O)c(O)c2)Oc2cc(O[C@@H]3O[C@H](CO)[C@@H](O)C(O)C3O)cc(O)c21. The number of aromatic hydroxyl groups is 3. The Labute approximate surface area is 181 Å². The van der Waals surface area contributed by atoms with E-state index in [2.05, 4.69) is 0 Å². The van der Waals surface area contributed by atoms with E-state index in [4.69, 9.17) is 14.2 Å². The molecule has 2 aliphatic rings. The van der Waals surface area contributed by atoms with Crippen LogP contribution < -0.4 is 9.47 Å². The van der Waals surface area contributed by atoms with E-state index in [1.807, 2.05) is 0 Å². The molecule has 11 heteroatoms. The van der Waals surface area contributed by atoms with Crippen molar-refractivity contribution in [1.82, 2.24) is 0 Å². The lowest BCUT2D eigenvalue weighted by molar-refractivity contribution is -0.277. The second-order valence-electron chi connectivity index (χ2n) is 7.61. The van der Waals surface area contributed by atoms with Crippen molar-refractivity contribution in [3.05, 3.63) is 41.5 Å². The zero-order valence-electron chi connectivity index (χ0n) is 16.5. The van der Waals surface area contributed by atoms with Crippen molar-refractivity contribution in [1.29, 1.82) is 0 Å². The summed E-state index contributed by atoms with van der Waals surface area (Å²) < 4.78 is 16.6. The van der Waals surface area contributed by atoms with E-state index in [1.165, 1.54) is 24.3 Å². The molecule has 172 valence electrons. The van der Waals surface area contributed by atoms with Crippen molar-refractivity contribution >= 4 is 5.78 Å². The number of carbonyl (C=O) groups excluding carboxylic acids is 1. The van der Waals surface area contributed by atoms with Gasteiger partial charge in [-0.2, -0.15) is 0 Å². The Balaban J connectivity index is 1.60. The third kappa shape index (κ3) is 3.92. The molecule has 2 heterocycles. The molecule has 32 heavy (non-hydrogen) atoms. The van der Waals surface area contributed by atoms with Gasteiger partial charge < -0.3 is 50.0 Å². The summed E-state index contributed by atoms with van der Waals surface area (Å²) in [4.78, 5) is 12.6. The van der Waals surface area contributed by atoms with Crippen LogP contribution in [0, 0.1) is 0 Å². The van der Waals surface area contributed by atoms with Gasteiger partial charge in [-0.3, -0.25) is 4.79 Å². The van der Waals surface area contributed by atoms with Crippen LogP contribution in [0.3, 0.4) is 0 Å². The number of phenols is 3. The molecule has 1 saturated heterocycles. The lowest BCUT2D eigenvalue weighted by Crippen LogP contribution is -2.60. The quantitative estimate of drug-likeness (QED) is 0.303. The molecule has 0 aromatic heterocycles. The number of ether oxygens (including phenoxy) is 3. The van der Waals surface area contributed by atoms with Gasteiger partial charge in [0.2, 0.25) is 6.29 Å². The number of aliphatic hydroxyl groups is 4. The first-order valence-corrected chi connectivity index (χ1v) is 9.75. The molecule has 0 spiro atoms. The first-order chi connectivity index (χ1) is 15.2. The average Bonchev–Trinajstić information content (AvgIpc) is 2.75. The van der Waals surface area contributed by atoms with E-state index in [1.54, 1.807) is 0 Å². The molecule has 0 bridgehead atoms. The van der Waals surface area contributed by atoms with Gasteiger partial charge in [0.15, 0.2) is 17.3 Å². The van der Waals surface area contributed by atoms with Crippen molar-refractivity contribution in [2.24, 2.45) is 0 Å². The van der Waals surface area contributed by atoms with Gasteiger partial charge in [-0.05, 0) is 17.7 Å². The number of benzene rings is 2. The minimum absolute atomic E-state index is 0.0293. The van der Waals surface area contributed by atoms with E-state index >= 15 is 0 Å². The minimum Gasteiger partial charge on any atom is -0.507 e. The number of ketones is 1. The van der Waals surface area contributed by atoms with Gasteiger partial charge in [0.1, 0.15) is 53.3 Å². The van der Waals surface area contributed by atoms with Crippen LogP contribution in [-0.2, 0) is 4.74 Å². The van der Waals surface area contributed by atoms with E-state index in [0.717, 1.165) is 6.07 Å². The fourth-order valence-corrected chi connectivity index (χ4v) is 3.71. The second-order valence-corrected chi connectivity index (χ2v) is 7.61. The van der Waals surface area contributed by atoms with Crippen LogP contribution in [0.4, 0.5) is 0 Å². The number of rotatable bonds is 4. The third-order valence-corrected chi connectivity index (χ3v) is 5.45. The molecule has 2 aromatic carbocycles. The molecule has 4 rings (SSSR count). The lowest BCUT2D eigenvalue weighted by atomic mass is 9.95. The zero-order valence-corrected chi connectivity index (χ0v) is 16.5. The molecule has 1 fully saturated rings. The Morgan fingerprint density at radius 1 is 0.938 bits per heavy atom. The van der Waals surface area contributed by atoms with Gasteiger partial charge in [0.05, 0.1) is 13.0 Å². The number of hydrogen-bond donors (Lipinski definition) is 7. The topological polar surface area (TPSA) is 186 Å². The maximum absolute atomic E-state index is 12.6. The van der Waals surface area contributed by atoms with E-state index in [0.29, 0.717) is 5.56 Å². The Morgan fingerprint density at radius 3 is 2.38 bits per heavy atom. The molecule has 0 aliphatic carbocycles. The number of hydrogen-bond acceptors (Lipinski definition) is 11. The number of fused-ring (bicyclic) bond motifs is 1. The van der Waals surface area contributed by atoms with Crippen molar-refractivity contribution in [3.63, 3.8) is 0 Å². The Bertz CT molecular complexity index is 1020. The van der Waals surface area contributed by atoms with E-state index in [9.17, 15) is 40.5 Å². The molecular weight excluding hydrogens is 428 g/mol. The molecule has 7 N–H and O–H groups in total. The van der Waals surface area contributed by atoms with Crippen molar-refractivity contribution < 1.29 is 54.8 Å². The summed E-state index contributed by atoms with van der Waals surface area (Å²) >= 11 is 0. The summed E-state index contributed by atoms with van der Waals surface area (Å²) in [7, 11) is 0. The van der Waals surface area contributed by atoms with Crippen LogP contribution in [0.25, 0.3) is 0 Å². The van der Waals surface area contributed by atoms with Gasteiger partial charge in [0.25, 0.3) is 0 Å². The molecule has 2 aliphatic heterocycles.